The Balaban J connectivity index is 3.09. The maximum Gasteiger partial charge on any atom is 0.139 e. The Morgan fingerprint density at radius 1 is 0.957 bits per heavy atom. The van der Waals surface area contributed by atoms with E-state index < -0.39 is 36.8 Å². The monoisotopic (exact) mass is 326 g/mol. The summed E-state index contributed by atoms with van der Waals surface area (Å²) in [6, 6.07) is 1.85. The molecule has 23 heavy (non-hydrogen) atoms. The van der Waals surface area contributed by atoms with E-state index in [0.29, 0.717) is 5.56 Å². The van der Waals surface area contributed by atoms with Crippen molar-refractivity contribution in [2.75, 3.05) is 6.61 Å². The van der Waals surface area contributed by atoms with E-state index in [0.717, 1.165) is 22.3 Å². The molecule has 0 aliphatic heterocycles. The van der Waals surface area contributed by atoms with Crippen molar-refractivity contribution in [3.05, 3.63) is 39.6 Å². The van der Waals surface area contributed by atoms with Crippen LogP contribution in [0.2, 0.25) is 0 Å². The van der Waals surface area contributed by atoms with Crippen LogP contribution in [0.15, 0.2) is 11.8 Å². The molecule has 0 aliphatic rings. The minimum absolute atomic E-state index is 0.535. The molecule has 6 N–H and O–H groups in total. The van der Waals surface area contributed by atoms with Crippen LogP contribution in [0.25, 0.3) is 6.08 Å². The summed E-state index contributed by atoms with van der Waals surface area (Å²) >= 11 is 0. The lowest BCUT2D eigenvalue weighted by Crippen LogP contribution is -2.46. The Labute approximate surface area is 136 Å². The van der Waals surface area contributed by atoms with Crippen molar-refractivity contribution in [3.63, 3.8) is 0 Å². The van der Waals surface area contributed by atoms with Gasteiger partial charge in [-0.2, -0.15) is 0 Å². The van der Waals surface area contributed by atoms with Gasteiger partial charge in [0.15, 0.2) is 0 Å². The van der Waals surface area contributed by atoms with Gasteiger partial charge in [0.25, 0.3) is 0 Å². The Morgan fingerprint density at radius 2 is 1.52 bits per heavy atom. The zero-order chi connectivity index (χ0) is 17.9. The molecule has 0 radical (unpaired) electrons. The largest absolute Gasteiger partial charge is 0.509 e. The lowest BCUT2D eigenvalue weighted by Gasteiger charge is -2.25. The van der Waals surface area contributed by atoms with E-state index in [2.05, 4.69) is 0 Å². The van der Waals surface area contributed by atoms with E-state index in [1.807, 2.05) is 33.8 Å². The molecular weight excluding hydrogens is 300 g/mol. The summed E-state index contributed by atoms with van der Waals surface area (Å²) in [6.07, 6.45) is -5.69. The molecule has 1 rings (SSSR count). The van der Waals surface area contributed by atoms with Crippen LogP contribution in [-0.2, 0) is 0 Å². The first kappa shape index (κ1) is 19.6. The normalized spacial score (nSPS) is 17.7. The molecule has 4 atom stereocenters. The van der Waals surface area contributed by atoms with Gasteiger partial charge in [-0.15, -0.1) is 0 Å². The van der Waals surface area contributed by atoms with E-state index in [1.165, 1.54) is 6.08 Å². The molecule has 1 aromatic carbocycles. The molecule has 0 aromatic heterocycles. The summed E-state index contributed by atoms with van der Waals surface area (Å²) in [5.74, 6) is -0.535. The van der Waals surface area contributed by atoms with Crippen LogP contribution in [0, 0.1) is 27.7 Å². The Morgan fingerprint density at radius 3 is 2.04 bits per heavy atom. The Bertz CT molecular complexity index is 581. The topological polar surface area (TPSA) is 121 Å². The Hall–Kier alpha value is -1.44. The molecule has 1 aromatic rings. The lowest BCUT2D eigenvalue weighted by atomic mass is 9.93. The van der Waals surface area contributed by atoms with Gasteiger partial charge in [0.1, 0.15) is 30.2 Å². The average molecular weight is 326 g/mol. The first-order valence-corrected chi connectivity index (χ1v) is 7.42. The number of hydrogen-bond donors (Lipinski definition) is 6. The third kappa shape index (κ3) is 4.31. The van der Waals surface area contributed by atoms with E-state index in [1.54, 1.807) is 0 Å². The second-order valence-corrected chi connectivity index (χ2v) is 5.90. The number of benzene rings is 1. The van der Waals surface area contributed by atoms with Crippen molar-refractivity contribution in [1.82, 2.24) is 0 Å². The number of aryl methyl sites for hydroxylation is 1. The molecule has 6 heteroatoms. The summed E-state index contributed by atoms with van der Waals surface area (Å²) in [6.45, 7) is 7.00. The van der Waals surface area contributed by atoms with Gasteiger partial charge in [-0.25, -0.2) is 0 Å². The quantitative estimate of drug-likeness (QED) is 0.417. The first-order chi connectivity index (χ1) is 10.6. The predicted molar refractivity (Wildman–Crippen MR) is 87.1 cm³/mol. The van der Waals surface area contributed by atoms with Gasteiger partial charge in [-0.3, -0.25) is 0 Å². The van der Waals surface area contributed by atoms with Crippen LogP contribution in [0.3, 0.4) is 0 Å². The highest BCUT2D eigenvalue weighted by Crippen LogP contribution is 2.24. The molecule has 0 saturated heterocycles. The second-order valence-electron chi connectivity index (χ2n) is 5.90. The molecular formula is C17H26O6. The van der Waals surface area contributed by atoms with Crippen molar-refractivity contribution in [2.45, 2.75) is 52.1 Å². The zero-order valence-corrected chi connectivity index (χ0v) is 13.9. The molecule has 130 valence electrons. The minimum Gasteiger partial charge on any atom is -0.509 e. The zero-order valence-electron chi connectivity index (χ0n) is 13.9. The van der Waals surface area contributed by atoms with Crippen molar-refractivity contribution in [3.8, 4) is 0 Å². The fourth-order valence-corrected chi connectivity index (χ4v) is 2.34. The van der Waals surface area contributed by atoms with Crippen LogP contribution >= 0.6 is 0 Å². The summed E-state index contributed by atoms with van der Waals surface area (Å²) in [5.41, 5.74) is 4.85. The van der Waals surface area contributed by atoms with Crippen LogP contribution in [-0.4, -0.2) is 61.7 Å². The summed E-state index contributed by atoms with van der Waals surface area (Å²) < 4.78 is 0. The number of aliphatic hydroxyl groups excluding tert-OH is 6. The van der Waals surface area contributed by atoms with Crippen molar-refractivity contribution < 1.29 is 30.6 Å². The number of rotatable bonds is 6. The SMILES string of the molecule is Cc1cc(/C=C(\O)[C@H](O)[C@H](O)[C@H](O)[C@@H](O)CO)c(C)c(C)c1C. The van der Waals surface area contributed by atoms with Crippen molar-refractivity contribution in [2.24, 2.45) is 0 Å². The van der Waals surface area contributed by atoms with E-state index >= 15 is 0 Å². The van der Waals surface area contributed by atoms with Crippen LogP contribution in [0.5, 0.6) is 0 Å². The van der Waals surface area contributed by atoms with Crippen LogP contribution < -0.4 is 0 Å². The molecule has 0 bridgehead atoms. The molecule has 0 fully saturated rings. The van der Waals surface area contributed by atoms with Gasteiger partial charge in [0.05, 0.1) is 6.61 Å². The van der Waals surface area contributed by atoms with Crippen LogP contribution in [0.1, 0.15) is 27.8 Å². The van der Waals surface area contributed by atoms with Gasteiger partial charge in [0, 0.05) is 0 Å². The van der Waals surface area contributed by atoms with E-state index in [-0.39, 0.29) is 0 Å². The van der Waals surface area contributed by atoms with Gasteiger partial charge >= 0.3 is 0 Å². The maximum absolute atomic E-state index is 10.0. The highest BCUT2D eigenvalue weighted by atomic mass is 16.4. The fraction of sp³-hybridized carbons (Fsp3) is 0.529. The highest BCUT2D eigenvalue weighted by molar-refractivity contribution is 5.60. The van der Waals surface area contributed by atoms with Gasteiger partial charge in [-0.1, -0.05) is 6.07 Å². The minimum atomic E-state index is -1.83. The molecule has 0 amide bonds. The average Bonchev–Trinajstić information content (AvgIpc) is 2.54. The number of hydrogen-bond acceptors (Lipinski definition) is 6. The van der Waals surface area contributed by atoms with Crippen molar-refractivity contribution in [1.29, 1.82) is 0 Å². The van der Waals surface area contributed by atoms with Gasteiger partial charge in [0.2, 0.25) is 0 Å². The van der Waals surface area contributed by atoms with Gasteiger partial charge in [-0.05, 0) is 61.6 Å². The molecule has 0 unspecified atom stereocenters. The third-order valence-electron chi connectivity index (χ3n) is 4.38. The smallest absolute Gasteiger partial charge is 0.139 e. The second kappa shape index (κ2) is 7.90. The third-order valence-corrected chi connectivity index (χ3v) is 4.38. The highest BCUT2D eigenvalue weighted by Gasteiger charge is 2.32. The summed E-state index contributed by atoms with van der Waals surface area (Å²) in [5, 5.41) is 57.4. The first-order valence-electron chi connectivity index (χ1n) is 7.42. The molecule has 0 spiro atoms. The molecule has 0 heterocycles. The van der Waals surface area contributed by atoms with E-state index in [4.69, 9.17) is 5.11 Å². The van der Waals surface area contributed by atoms with Crippen LogP contribution in [0.4, 0.5) is 0 Å². The summed E-state index contributed by atoms with van der Waals surface area (Å²) in [7, 11) is 0. The van der Waals surface area contributed by atoms with Crippen molar-refractivity contribution >= 4 is 6.08 Å². The standard InChI is InChI=1S/C17H26O6/c1-8-5-12(11(4)10(3)9(8)2)6-13(19)15(21)17(23)16(22)14(20)7-18/h5-6,14-23H,7H2,1-4H3/b13-6-/t14-,15-,16+,17-/m0/s1. The maximum atomic E-state index is 10.0. The van der Waals surface area contributed by atoms with Gasteiger partial charge < -0.3 is 30.6 Å². The lowest BCUT2D eigenvalue weighted by molar-refractivity contribution is -0.112. The predicted octanol–water partition coefficient (Wildman–Crippen LogP) is 0.255. The van der Waals surface area contributed by atoms with E-state index in [9.17, 15) is 25.5 Å². The Kier molecular flexibility index (Phi) is 6.73. The molecule has 0 saturated carbocycles. The number of aliphatic hydroxyl groups is 6. The molecule has 0 aliphatic carbocycles. The fourth-order valence-electron chi connectivity index (χ4n) is 2.34. The molecule has 6 nitrogen and oxygen atoms in total. The summed E-state index contributed by atoms with van der Waals surface area (Å²) in [4.78, 5) is 0.